The topological polar surface area (TPSA) is 84.6 Å². The van der Waals surface area contributed by atoms with E-state index in [-0.39, 0.29) is 13.2 Å². The van der Waals surface area contributed by atoms with Crippen molar-refractivity contribution in [2.45, 2.75) is 45.0 Å². The molecule has 1 aromatic rings. The first-order valence-electron chi connectivity index (χ1n) is 7.55. The molecular weight excluding hydrogens is 359 g/mol. The van der Waals surface area contributed by atoms with Crippen LogP contribution in [0.5, 0.6) is 0 Å². The lowest BCUT2D eigenvalue weighted by atomic mass is 9.79. The number of nitrogens with two attached hydrogens (primary N) is 1. The number of carbonyl (C=O) groups is 1. The van der Waals surface area contributed by atoms with Crippen LogP contribution in [0.4, 0.5) is 10.5 Å². The van der Waals surface area contributed by atoms with Gasteiger partial charge in [0.2, 0.25) is 0 Å². The molecule has 1 atom stereocenters. The molecule has 5 nitrogen and oxygen atoms in total. The van der Waals surface area contributed by atoms with E-state index in [1.54, 1.807) is 20.8 Å². The smallest absolute Gasteiger partial charge is 0.407 e. The maximum Gasteiger partial charge on any atom is 0.407 e. The number of aliphatic hydroxyl groups is 1. The van der Waals surface area contributed by atoms with Gasteiger partial charge in [0.1, 0.15) is 5.60 Å². The summed E-state index contributed by atoms with van der Waals surface area (Å²) in [4.78, 5) is 11.7. The molecule has 1 amide bonds. The summed E-state index contributed by atoms with van der Waals surface area (Å²) in [5, 5.41) is 11.6. The fourth-order valence-corrected chi connectivity index (χ4v) is 2.77. The van der Waals surface area contributed by atoms with Crippen LogP contribution < -0.4 is 11.1 Å². The van der Waals surface area contributed by atoms with Crippen molar-refractivity contribution in [2.75, 3.05) is 18.9 Å². The summed E-state index contributed by atoms with van der Waals surface area (Å²) < 4.78 is 5.98. The van der Waals surface area contributed by atoms with Crippen molar-refractivity contribution >= 4 is 35.6 Å². The van der Waals surface area contributed by atoms with E-state index in [2.05, 4.69) is 21.2 Å². The molecule has 0 fully saturated rings. The number of nitrogen functional groups attached to an aromatic ring is 1. The average Bonchev–Trinajstić information content (AvgIpc) is 2.42. The number of carbonyl (C=O) groups excluding carboxylic acids is 1. The average molecular weight is 383 g/mol. The first-order valence-corrected chi connectivity index (χ1v) is 8.35. The number of aryl methyl sites for hydroxylation is 1. The van der Waals surface area contributed by atoms with E-state index in [4.69, 9.17) is 23.4 Å². The summed E-state index contributed by atoms with van der Waals surface area (Å²) in [5.74, 6) is -0.467. The van der Waals surface area contributed by atoms with E-state index >= 15 is 0 Å². The zero-order valence-corrected chi connectivity index (χ0v) is 15.4. The lowest BCUT2D eigenvalue weighted by Gasteiger charge is -2.22. The zero-order chi connectivity index (χ0) is 17.6. The predicted octanol–water partition coefficient (Wildman–Crippen LogP) is 2.69. The lowest BCUT2D eigenvalue weighted by Crippen LogP contribution is -2.35. The molecule has 0 bridgehead atoms. The molecule has 0 heterocycles. The predicted molar refractivity (Wildman–Crippen MR) is 96.7 cm³/mol. The summed E-state index contributed by atoms with van der Waals surface area (Å²) in [6.45, 7) is 5.71. The molecule has 7 heteroatoms. The molecule has 1 aromatic carbocycles. The Kier molecular flexibility index (Phi) is 7.41. The molecule has 0 spiro atoms. The maximum absolute atomic E-state index is 11.7. The maximum atomic E-state index is 11.7. The summed E-state index contributed by atoms with van der Waals surface area (Å²) in [6.07, 6.45) is 0.796. The van der Waals surface area contributed by atoms with Gasteiger partial charge in [-0.05, 0) is 56.6 Å². The minimum Gasteiger partial charge on any atom is -0.444 e. The van der Waals surface area contributed by atoms with E-state index < -0.39 is 17.5 Å². The first-order chi connectivity index (χ1) is 10.7. The van der Waals surface area contributed by atoms with Gasteiger partial charge in [0.25, 0.3) is 0 Å². The second-order valence-corrected chi connectivity index (χ2v) is 7.20. The number of ether oxygens (including phenoxy) is 1. The Balaban J connectivity index is 2.79. The van der Waals surface area contributed by atoms with Gasteiger partial charge in [-0.15, -0.1) is 0 Å². The number of aliphatic hydroxyl groups excluding tert-OH is 1. The van der Waals surface area contributed by atoms with Crippen molar-refractivity contribution < 1.29 is 14.6 Å². The van der Waals surface area contributed by atoms with Crippen LogP contribution in [-0.4, -0.2) is 37.8 Å². The number of halogens is 1. The molecule has 4 N–H and O–H groups in total. The van der Waals surface area contributed by atoms with Gasteiger partial charge >= 0.3 is 6.09 Å². The van der Waals surface area contributed by atoms with Gasteiger partial charge in [0.05, 0.1) is 7.85 Å². The van der Waals surface area contributed by atoms with E-state index in [9.17, 15) is 4.79 Å². The highest BCUT2D eigenvalue weighted by Crippen LogP contribution is 2.32. The molecule has 1 unspecified atom stereocenters. The zero-order valence-electron chi connectivity index (χ0n) is 13.9. The van der Waals surface area contributed by atoms with Crippen LogP contribution in [0.25, 0.3) is 0 Å². The SMILES string of the molecule is [B]C(CNC(=O)OC(C)(C)C)c1c(Br)ccc(CCCO)c1N. The summed E-state index contributed by atoms with van der Waals surface area (Å²) in [7, 11) is 6.18. The Bertz CT molecular complexity index is 547. The van der Waals surface area contributed by atoms with E-state index in [0.717, 1.165) is 15.6 Å². The molecule has 2 radical (unpaired) electrons. The van der Waals surface area contributed by atoms with Crippen LogP contribution in [0.3, 0.4) is 0 Å². The van der Waals surface area contributed by atoms with Gasteiger partial charge in [0.15, 0.2) is 0 Å². The van der Waals surface area contributed by atoms with E-state index in [0.29, 0.717) is 18.5 Å². The highest BCUT2D eigenvalue weighted by atomic mass is 79.9. The minimum atomic E-state index is -0.558. The summed E-state index contributed by atoms with van der Waals surface area (Å²) >= 11 is 3.45. The van der Waals surface area contributed by atoms with Crippen LogP contribution >= 0.6 is 15.9 Å². The highest BCUT2D eigenvalue weighted by Gasteiger charge is 2.19. The summed E-state index contributed by atoms with van der Waals surface area (Å²) in [6, 6.07) is 3.79. The molecule has 0 aliphatic carbocycles. The van der Waals surface area contributed by atoms with Gasteiger partial charge in [-0.2, -0.15) is 0 Å². The molecule has 0 saturated carbocycles. The largest absolute Gasteiger partial charge is 0.444 e. The molecule has 0 aromatic heterocycles. The third-order valence-electron chi connectivity index (χ3n) is 3.16. The number of benzene rings is 1. The van der Waals surface area contributed by atoms with Crippen LogP contribution in [0.2, 0.25) is 0 Å². The van der Waals surface area contributed by atoms with E-state index in [1.165, 1.54) is 0 Å². The van der Waals surface area contributed by atoms with Crippen LogP contribution in [-0.2, 0) is 11.2 Å². The number of alkyl carbamates (subject to hydrolysis) is 1. The molecular formula is C16H24BBrN2O3. The Morgan fingerprint density at radius 1 is 1.48 bits per heavy atom. The van der Waals surface area contributed by atoms with Gasteiger partial charge in [-0.1, -0.05) is 22.0 Å². The van der Waals surface area contributed by atoms with Gasteiger partial charge < -0.3 is 20.9 Å². The molecule has 0 aliphatic rings. The monoisotopic (exact) mass is 382 g/mol. The quantitative estimate of drug-likeness (QED) is 0.521. The standard InChI is InChI=1S/C16H24BBrN2O3/c1-16(2,3)23-15(22)20-9-11(17)13-12(18)7-6-10(14(13)19)5-4-8-21/h6-7,11,21H,4-5,8-9,19H2,1-3H3,(H,20,22). The fourth-order valence-electron chi connectivity index (χ4n) is 2.13. The number of nitrogens with one attached hydrogen (secondary N) is 1. The number of hydrogen-bond acceptors (Lipinski definition) is 4. The van der Waals surface area contributed by atoms with Gasteiger partial charge in [0, 0.05) is 23.3 Å². The van der Waals surface area contributed by atoms with Crippen molar-refractivity contribution in [1.82, 2.24) is 5.32 Å². The highest BCUT2D eigenvalue weighted by molar-refractivity contribution is 9.10. The number of anilines is 1. The lowest BCUT2D eigenvalue weighted by molar-refractivity contribution is 0.0527. The van der Waals surface area contributed by atoms with E-state index in [1.807, 2.05) is 12.1 Å². The number of amides is 1. The third kappa shape index (κ3) is 6.43. The first kappa shape index (κ1) is 19.8. The van der Waals surface area contributed by atoms with Crippen molar-refractivity contribution in [3.8, 4) is 0 Å². The van der Waals surface area contributed by atoms with Crippen molar-refractivity contribution in [1.29, 1.82) is 0 Å². The second-order valence-electron chi connectivity index (χ2n) is 6.35. The van der Waals surface area contributed by atoms with Crippen LogP contribution in [0.15, 0.2) is 16.6 Å². The number of hydrogen-bond donors (Lipinski definition) is 3. The molecule has 0 saturated heterocycles. The third-order valence-corrected chi connectivity index (χ3v) is 3.86. The number of rotatable bonds is 6. The van der Waals surface area contributed by atoms with Crippen molar-refractivity contribution in [2.24, 2.45) is 0 Å². The van der Waals surface area contributed by atoms with Gasteiger partial charge in [-0.25, -0.2) is 4.79 Å². The Labute approximate surface area is 147 Å². The summed E-state index contributed by atoms with van der Waals surface area (Å²) in [5.41, 5.74) is 7.91. The second kappa shape index (κ2) is 8.59. The van der Waals surface area contributed by atoms with Gasteiger partial charge in [-0.3, -0.25) is 0 Å². The van der Waals surface area contributed by atoms with Crippen LogP contribution in [0.1, 0.15) is 44.1 Å². The normalized spacial score (nSPS) is 12.7. The fraction of sp³-hybridized carbons (Fsp3) is 0.562. The minimum absolute atomic E-state index is 0.108. The molecule has 126 valence electrons. The van der Waals surface area contributed by atoms with Crippen molar-refractivity contribution in [3.05, 3.63) is 27.7 Å². The van der Waals surface area contributed by atoms with Crippen molar-refractivity contribution in [3.63, 3.8) is 0 Å². The Morgan fingerprint density at radius 3 is 2.70 bits per heavy atom. The molecule has 0 aliphatic heterocycles. The Morgan fingerprint density at radius 2 is 2.13 bits per heavy atom. The molecule has 23 heavy (non-hydrogen) atoms. The molecule has 1 rings (SSSR count). The van der Waals surface area contributed by atoms with Crippen LogP contribution in [0, 0.1) is 0 Å². The Hall–Kier alpha value is -1.21.